The molecule has 0 saturated carbocycles. The summed E-state index contributed by atoms with van der Waals surface area (Å²) in [4.78, 5) is 0. The predicted octanol–water partition coefficient (Wildman–Crippen LogP) is 2.54. The van der Waals surface area contributed by atoms with Crippen molar-refractivity contribution in [2.45, 2.75) is 46.6 Å². The molecule has 0 atom stereocenters. The van der Waals surface area contributed by atoms with Gasteiger partial charge in [-0.15, -0.1) is 0 Å². The number of hydrogen-bond acceptors (Lipinski definition) is 3. The molecule has 92 valence electrons. The maximum absolute atomic E-state index is 5.56. The number of hydrogen-bond donors (Lipinski definition) is 0. The first-order valence-corrected chi connectivity index (χ1v) is 5.98. The van der Waals surface area contributed by atoms with Crippen molar-refractivity contribution in [3.05, 3.63) is 35.0 Å². The molecular formula is C13H19N2O2+. The van der Waals surface area contributed by atoms with Gasteiger partial charge in [0.15, 0.2) is 12.8 Å². The molecule has 0 aliphatic rings. The molecule has 0 saturated heterocycles. The van der Waals surface area contributed by atoms with Gasteiger partial charge in [-0.3, -0.25) is 0 Å². The Bertz CT molecular complexity index is 497. The summed E-state index contributed by atoms with van der Waals surface area (Å²) >= 11 is 0. The van der Waals surface area contributed by atoms with E-state index in [0.717, 1.165) is 24.3 Å². The molecule has 17 heavy (non-hydrogen) atoms. The van der Waals surface area contributed by atoms with Crippen molar-refractivity contribution in [1.29, 1.82) is 0 Å². The average Bonchev–Trinajstić information content (AvgIpc) is 2.82. The fraction of sp³-hybridized carbons (Fsp3) is 0.538. The molecule has 2 rings (SSSR count). The van der Waals surface area contributed by atoms with E-state index in [-0.39, 0.29) is 0 Å². The predicted molar refractivity (Wildman–Crippen MR) is 62.7 cm³/mol. The van der Waals surface area contributed by atoms with Crippen molar-refractivity contribution in [3.63, 3.8) is 0 Å². The highest BCUT2D eigenvalue weighted by molar-refractivity contribution is 5.13. The van der Waals surface area contributed by atoms with Crippen molar-refractivity contribution in [2.75, 3.05) is 0 Å². The van der Waals surface area contributed by atoms with E-state index < -0.39 is 0 Å². The summed E-state index contributed by atoms with van der Waals surface area (Å²) in [6.45, 7) is 9.19. The largest absolute Gasteiger partial charge is 0.361 e. The number of rotatable bonds is 4. The normalized spacial score (nSPS) is 11.4. The molecule has 2 aromatic rings. The monoisotopic (exact) mass is 235 g/mol. The lowest BCUT2D eigenvalue weighted by Crippen LogP contribution is -2.35. The van der Waals surface area contributed by atoms with Crippen molar-refractivity contribution in [1.82, 2.24) is 5.16 Å². The Morgan fingerprint density at radius 3 is 2.65 bits per heavy atom. The van der Waals surface area contributed by atoms with Gasteiger partial charge in [0, 0.05) is 18.9 Å². The van der Waals surface area contributed by atoms with Crippen molar-refractivity contribution in [2.24, 2.45) is 0 Å². The summed E-state index contributed by atoms with van der Waals surface area (Å²) in [6, 6.07) is 0. The van der Waals surface area contributed by atoms with Gasteiger partial charge in [0.2, 0.25) is 5.69 Å². The second-order valence-corrected chi connectivity index (χ2v) is 4.68. The van der Waals surface area contributed by atoms with Crippen LogP contribution in [0.2, 0.25) is 0 Å². The summed E-state index contributed by atoms with van der Waals surface area (Å²) in [6.07, 6.45) is 4.50. The van der Waals surface area contributed by atoms with Crippen LogP contribution in [-0.2, 0) is 13.0 Å². The third kappa shape index (κ3) is 2.40. The summed E-state index contributed by atoms with van der Waals surface area (Å²) < 4.78 is 12.5. The zero-order valence-electron chi connectivity index (χ0n) is 10.9. The lowest BCUT2D eigenvalue weighted by Gasteiger charge is -1.97. The van der Waals surface area contributed by atoms with Gasteiger partial charge >= 0.3 is 0 Å². The topological polar surface area (TPSA) is 43.0 Å². The lowest BCUT2D eigenvalue weighted by molar-refractivity contribution is -0.867. The van der Waals surface area contributed by atoms with Crippen LogP contribution in [0.25, 0.3) is 0 Å². The Hall–Kier alpha value is -1.58. The van der Waals surface area contributed by atoms with Gasteiger partial charge in [-0.1, -0.05) is 19.0 Å². The highest BCUT2D eigenvalue weighted by Crippen LogP contribution is 2.16. The van der Waals surface area contributed by atoms with Crippen LogP contribution in [0.3, 0.4) is 0 Å². The summed E-state index contributed by atoms with van der Waals surface area (Å²) in [5.74, 6) is 1.39. The van der Waals surface area contributed by atoms with Gasteiger partial charge in [-0.25, -0.2) is 4.52 Å². The fourth-order valence-electron chi connectivity index (χ4n) is 1.98. The van der Waals surface area contributed by atoms with E-state index in [1.165, 1.54) is 11.3 Å². The Labute approximate surface area is 101 Å². The van der Waals surface area contributed by atoms with E-state index in [9.17, 15) is 0 Å². The van der Waals surface area contributed by atoms with Crippen LogP contribution >= 0.6 is 0 Å². The Balaban J connectivity index is 2.07. The van der Waals surface area contributed by atoms with E-state index in [4.69, 9.17) is 9.05 Å². The third-order valence-corrected chi connectivity index (χ3v) is 3.16. The quantitative estimate of drug-likeness (QED) is 0.765. The van der Waals surface area contributed by atoms with Crippen LogP contribution in [0.4, 0.5) is 0 Å². The van der Waals surface area contributed by atoms with E-state index in [0.29, 0.717) is 5.92 Å². The zero-order valence-corrected chi connectivity index (χ0v) is 10.9. The molecule has 0 radical (unpaired) electrons. The SMILES string of the molecule is Cc1oncc1CC[n+]1occ(C(C)C)c1C. The average molecular weight is 235 g/mol. The van der Waals surface area contributed by atoms with Crippen LogP contribution in [0.1, 0.15) is 42.3 Å². The van der Waals surface area contributed by atoms with E-state index in [1.807, 2.05) is 17.9 Å². The smallest absolute Gasteiger partial charge is 0.231 e. The highest BCUT2D eigenvalue weighted by Gasteiger charge is 2.20. The first-order valence-electron chi connectivity index (χ1n) is 5.98. The summed E-state index contributed by atoms with van der Waals surface area (Å²) in [7, 11) is 0. The molecule has 0 aliphatic heterocycles. The first kappa shape index (κ1) is 11.9. The molecule has 2 aromatic heterocycles. The van der Waals surface area contributed by atoms with E-state index >= 15 is 0 Å². The van der Waals surface area contributed by atoms with Gasteiger partial charge in [0.1, 0.15) is 5.76 Å². The summed E-state index contributed by atoms with van der Waals surface area (Å²) in [5, 5.41) is 3.77. The molecule has 0 amide bonds. The van der Waals surface area contributed by atoms with E-state index in [2.05, 4.69) is 25.9 Å². The van der Waals surface area contributed by atoms with Crippen LogP contribution < -0.4 is 4.74 Å². The Morgan fingerprint density at radius 1 is 1.35 bits per heavy atom. The minimum atomic E-state index is 0.498. The molecule has 2 heterocycles. The van der Waals surface area contributed by atoms with Gasteiger partial charge in [0.25, 0.3) is 0 Å². The lowest BCUT2D eigenvalue weighted by atomic mass is 10.1. The zero-order chi connectivity index (χ0) is 12.4. The molecule has 0 aliphatic carbocycles. The molecule has 0 aromatic carbocycles. The molecule has 4 nitrogen and oxygen atoms in total. The Morgan fingerprint density at radius 2 is 2.12 bits per heavy atom. The van der Waals surface area contributed by atoms with Crippen molar-refractivity contribution < 1.29 is 13.8 Å². The second-order valence-electron chi connectivity index (χ2n) is 4.68. The molecule has 0 fully saturated rings. The molecular weight excluding hydrogens is 216 g/mol. The number of aryl methyl sites for hydroxylation is 3. The van der Waals surface area contributed by atoms with Gasteiger partial charge in [0.05, 0.1) is 11.8 Å². The molecule has 4 heteroatoms. The minimum Gasteiger partial charge on any atom is -0.361 e. The van der Waals surface area contributed by atoms with Gasteiger partial charge in [-0.05, 0) is 17.6 Å². The molecule has 0 N–H and O–H groups in total. The van der Waals surface area contributed by atoms with Crippen LogP contribution in [0.5, 0.6) is 0 Å². The summed E-state index contributed by atoms with van der Waals surface area (Å²) in [5.41, 5.74) is 3.61. The van der Waals surface area contributed by atoms with Crippen molar-refractivity contribution >= 4 is 0 Å². The maximum Gasteiger partial charge on any atom is 0.231 e. The molecule has 0 spiro atoms. The Kier molecular flexibility index (Phi) is 3.31. The van der Waals surface area contributed by atoms with Crippen LogP contribution in [-0.4, -0.2) is 5.16 Å². The second kappa shape index (κ2) is 4.73. The van der Waals surface area contributed by atoms with E-state index in [1.54, 1.807) is 6.20 Å². The molecule has 0 unspecified atom stereocenters. The molecule has 0 bridgehead atoms. The first-order chi connectivity index (χ1) is 8.09. The minimum absolute atomic E-state index is 0.498. The van der Waals surface area contributed by atoms with Gasteiger partial charge < -0.3 is 4.52 Å². The van der Waals surface area contributed by atoms with Crippen LogP contribution in [0.15, 0.2) is 21.5 Å². The highest BCUT2D eigenvalue weighted by atomic mass is 16.5. The standard InChI is InChI=1S/C13H19N2O2/c1-9(2)13-8-16-15(10(13)3)6-5-12-7-14-17-11(12)4/h7-9H,5-6H2,1-4H3/q+1. The number of nitrogens with zero attached hydrogens (tertiary/aromatic N) is 2. The third-order valence-electron chi connectivity index (χ3n) is 3.16. The van der Waals surface area contributed by atoms with Crippen molar-refractivity contribution in [3.8, 4) is 0 Å². The van der Waals surface area contributed by atoms with Gasteiger partial charge in [-0.2, -0.15) is 0 Å². The maximum atomic E-state index is 5.56. The fourth-order valence-corrected chi connectivity index (χ4v) is 1.98. The number of aromatic nitrogens is 2. The van der Waals surface area contributed by atoms with Crippen LogP contribution in [0, 0.1) is 13.8 Å².